The van der Waals surface area contributed by atoms with E-state index in [1.165, 1.54) is 5.56 Å². The van der Waals surface area contributed by atoms with E-state index in [0.717, 1.165) is 41.8 Å². The molecule has 0 amide bonds. The summed E-state index contributed by atoms with van der Waals surface area (Å²) in [6.45, 7) is 1.80. The third-order valence-corrected chi connectivity index (χ3v) is 3.96. The Morgan fingerprint density at radius 1 is 1.45 bits per heavy atom. The summed E-state index contributed by atoms with van der Waals surface area (Å²) in [6.07, 6.45) is 4.14. The van der Waals surface area contributed by atoms with E-state index in [1.54, 1.807) is 0 Å². The predicted octanol–water partition coefficient (Wildman–Crippen LogP) is 2.32. The van der Waals surface area contributed by atoms with Crippen LogP contribution in [0.2, 0.25) is 0 Å². The fraction of sp³-hybridized carbons (Fsp3) is 0.400. The molecule has 0 saturated carbocycles. The monoisotopic (exact) mass is 335 g/mol. The number of rotatable bonds is 5. The predicted molar refractivity (Wildman–Crippen MR) is 82.0 cm³/mol. The van der Waals surface area contributed by atoms with Crippen molar-refractivity contribution in [1.82, 2.24) is 15.1 Å². The summed E-state index contributed by atoms with van der Waals surface area (Å²) < 4.78 is 8.87. The largest absolute Gasteiger partial charge is 0.488 e. The van der Waals surface area contributed by atoms with Crippen LogP contribution in [0.15, 0.2) is 34.9 Å². The Morgan fingerprint density at radius 2 is 2.35 bits per heavy atom. The van der Waals surface area contributed by atoms with E-state index >= 15 is 0 Å². The van der Waals surface area contributed by atoms with Gasteiger partial charge in [0.05, 0.1) is 5.69 Å². The van der Waals surface area contributed by atoms with E-state index < -0.39 is 0 Å². The standard InChI is InChI=1S/C15H18BrN3O/c1-19-7-5-13(18-19)4-6-17-10-14-9-11-8-12(16)2-3-15(11)20-14/h2-3,5,7-8,14,17H,4,6,9-10H2,1H3. The first-order chi connectivity index (χ1) is 9.70. The minimum absolute atomic E-state index is 0.239. The van der Waals surface area contributed by atoms with Crippen LogP contribution in [-0.2, 0) is 19.9 Å². The molecule has 4 nitrogen and oxygen atoms in total. The fourth-order valence-corrected chi connectivity index (χ4v) is 2.89. The van der Waals surface area contributed by atoms with Gasteiger partial charge in [0.2, 0.25) is 0 Å². The minimum Gasteiger partial charge on any atom is -0.488 e. The lowest BCUT2D eigenvalue weighted by molar-refractivity contribution is 0.228. The van der Waals surface area contributed by atoms with E-state index in [0.29, 0.717) is 0 Å². The first kappa shape index (κ1) is 13.6. The molecule has 0 spiro atoms. The quantitative estimate of drug-likeness (QED) is 0.852. The highest BCUT2D eigenvalue weighted by molar-refractivity contribution is 9.10. The lowest BCUT2D eigenvalue weighted by Gasteiger charge is -2.11. The molecule has 2 heterocycles. The van der Waals surface area contributed by atoms with Crippen LogP contribution in [-0.4, -0.2) is 29.0 Å². The van der Waals surface area contributed by atoms with Crippen molar-refractivity contribution in [1.29, 1.82) is 0 Å². The van der Waals surface area contributed by atoms with Crippen LogP contribution in [0.1, 0.15) is 11.3 Å². The molecule has 0 saturated heterocycles. The summed E-state index contributed by atoms with van der Waals surface area (Å²) in [5, 5.41) is 7.81. The zero-order chi connectivity index (χ0) is 13.9. The zero-order valence-electron chi connectivity index (χ0n) is 11.5. The van der Waals surface area contributed by atoms with Crippen LogP contribution in [0.5, 0.6) is 5.75 Å². The second-order valence-electron chi connectivity index (χ2n) is 5.13. The van der Waals surface area contributed by atoms with Gasteiger partial charge in [-0.3, -0.25) is 4.68 Å². The van der Waals surface area contributed by atoms with E-state index in [-0.39, 0.29) is 6.10 Å². The summed E-state index contributed by atoms with van der Waals surface area (Å²) in [7, 11) is 1.94. The number of fused-ring (bicyclic) bond motifs is 1. The molecule has 1 aromatic carbocycles. The van der Waals surface area contributed by atoms with Gasteiger partial charge in [-0.25, -0.2) is 0 Å². The van der Waals surface area contributed by atoms with Crippen molar-refractivity contribution in [2.75, 3.05) is 13.1 Å². The topological polar surface area (TPSA) is 39.1 Å². The van der Waals surface area contributed by atoms with Gasteiger partial charge in [0.15, 0.2) is 0 Å². The number of halogens is 1. The molecule has 1 unspecified atom stereocenters. The number of hydrogen-bond donors (Lipinski definition) is 1. The maximum Gasteiger partial charge on any atom is 0.123 e. The Morgan fingerprint density at radius 3 is 3.15 bits per heavy atom. The molecule has 1 aromatic heterocycles. The molecular formula is C15H18BrN3O. The highest BCUT2D eigenvalue weighted by Gasteiger charge is 2.22. The van der Waals surface area contributed by atoms with E-state index in [1.807, 2.05) is 30.1 Å². The molecule has 20 heavy (non-hydrogen) atoms. The molecule has 0 fully saturated rings. The Balaban J connectivity index is 1.42. The number of nitrogens with one attached hydrogen (secondary N) is 1. The van der Waals surface area contributed by atoms with Gasteiger partial charge in [-0.2, -0.15) is 5.10 Å². The molecule has 106 valence electrons. The molecular weight excluding hydrogens is 318 g/mol. The maximum atomic E-state index is 5.92. The normalized spacial score (nSPS) is 17.0. The van der Waals surface area contributed by atoms with Gasteiger partial charge in [0.1, 0.15) is 11.9 Å². The maximum absolute atomic E-state index is 5.92. The van der Waals surface area contributed by atoms with Crippen molar-refractivity contribution in [2.45, 2.75) is 18.9 Å². The van der Waals surface area contributed by atoms with Crippen molar-refractivity contribution in [3.05, 3.63) is 46.2 Å². The summed E-state index contributed by atoms with van der Waals surface area (Å²) >= 11 is 3.50. The smallest absolute Gasteiger partial charge is 0.123 e. The van der Waals surface area contributed by atoms with Crippen LogP contribution in [0.3, 0.4) is 0 Å². The number of hydrogen-bond acceptors (Lipinski definition) is 3. The molecule has 0 bridgehead atoms. The second-order valence-corrected chi connectivity index (χ2v) is 6.05. The highest BCUT2D eigenvalue weighted by Crippen LogP contribution is 2.30. The molecule has 1 atom stereocenters. The van der Waals surface area contributed by atoms with Crippen molar-refractivity contribution >= 4 is 15.9 Å². The Kier molecular flexibility index (Phi) is 4.08. The number of nitrogens with zero attached hydrogens (tertiary/aromatic N) is 2. The summed E-state index contributed by atoms with van der Waals surface area (Å²) in [4.78, 5) is 0. The molecule has 1 N–H and O–H groups in total. The van der Waals surface area contributed by atoms with Crippen molar-refractivity contribution < 1.29 is 4.74 Å². The minimum atomic E-state index is 0.239. The van der Waals surface area contributed by atoms with Crippen LogP contribution in [0.25, 0.3) is 0 Å². The van der Waals surface area contributed by atoms with E-state index in [2.05, 4.69) is 38.5 Å². The van der Waals surface area contributed by atoms with Crippen LogP contribution in [0.4, 0.5) is 0 Å². The first-order valence-corrected chi connectivity index (χ1v) is 7.64. The molecule has 0 radical (unpaired) electrons. The van der Waals surface area contributed by atoms with Gasteiger partial charge in [-0.05, 0) is 29.8 Å². The second kappa shape index (κ2) is 5.97. The van der Waals surface area contributed by atoms with Gasteiger partial charge >= 0.3 is 0 Å². The van der Waals surface area contributed by atoms with Gasteiger partial charge in [-0.15, -0.1) is 0 Å². The van der Waals surface area contributed by atoms with E-state index in [4.69, 9.17) is 4.74 Å². The molecule has 5 heteroatoms. The molecule has 3 rings (SSSR count). The van der Waals surface area contributed by atoms with E-state index in [9.17, 15) is 0 Å². The molecule has 1 aliphatic heterocycles. The fourth-order valence-electron chi connectivity index (χ4n) is 2.48. The van der Waals surface area contributed by atoms with Gasteiger partial charge < -0.3 is 10.1 Å². The summed E-state index contributed by atoms with van der Waals surface area (Å²) in [5.74, 6) is 1.02. The van der Waals surface area contributed by atoms with Gasteiger partial charge in [0, 0.05) is 43.6 Å². The number of aromatic nitrogens is 2. The van der Waals surface area contributed by atoms with Crippen LogP contribution >= 0.6 is 15.9 Å². The SMILES string of the molecule is Cn1ccc(CCNCC2Cc3cc(Br)ccc3O2)n1. The number of aryl methyl sites for hydroxylation is 1. The van der Waals surface area contributed by atoms with Crippen molar-refractivity contribution in [3.63, 3.8) is 0 Å². The zero-order valence-corrected chi connectivity index (χ0v) is 13.1. The third-order valence-electron chi connectivity index (χ3n) is 3.46. The molecule has 2 aromatic rings. The summed E-state index contributed by atoms with van der Waals surface area (Å²) in [6, 6.07) is 8.26. The average Bonchev–Trinajstić information content (AvgIpc) is 3.00. The average molecular weight is 336 g/mol. The number of ether oxygens (including phenoxy) is 1. The van der Waals surface area contributed by atoms with Crippen LogP contribution in [0, 0.1) is 0 Å². The molecule has 0 aliphatic carbocycles. The third kappa shape index (κ3) is 3.22. The van der Waals surface area contributed by atoms with Crippen molar-refractivity contribution in [2.24, 2.45) is 7.05 Å². The highest BCUT2D eigenvalue weighted by atomic mass is 79.9. The first-order valence-electron chi connectivity index (χ1n) is 6.85. The van der Waals surface area contributed by atoms with Gasteiger partial charge in [-0.1, -0.05) is 15.9 Å². The Hall–Kier alpha value is -1.33. The summed E-state index contributed by atoms with van der Waals surface area (Å²) in [5.41, 5.74) is 2.41. The Bertz CT molecular complexity index is 597. The van der Waals surface area contributed by atoms with Crippen molar-refractivity contribution in [3.8, 4) is 5.75 Å². The van der Waals surface area contributed by atoms with Gasteiger partial charge in [0.25, 0.3) is 0 Å². The Labute approximate surface area is 127 Å². The number of benzene rings is 1. The molecule has 1 aliphatic rings. The lowest BCUT2D eigenvalue weighted by atomic mass is 10.1. The lowest BCUT2D eigenvalue weighted by Crippen LogP contribution is -2.31. The van der Waals surface area contributed by atoms with Crippen LogP contribution < -0.4 is 10.1 Å².